The molecule has 0 radical (unpaired) electrons. The van der Waals surface area contributed by atoms with Crippen molar-refractivity contribution in [2.75, 3.05) is 9.80 Å². The van der Waals surface area contributed by atoms with Crippen LogP contribution in [0.3, 0.4) is 0 Å². The van der Waals surface area contributed by atoms with Crippen LogP contribution in [-0.2, 0) is 0 Å². The van der Waals surface area contributed by atoms with Crippen LogP contribution in [-0.4, -0.2) is 0 Å². The zero-order chi connectivity index (χ0) is 41.2. The summed E-state index contributed by atoms with van der Waals surface area (Å²) in [7, 11) is 0. The van der Waals surface area contributed by atoms with Gasteiger partial charge in [0, 0.05) is 33.8 Å². The van der Waals surface area contributed by atoms with Crippen LogP contribution >= 0.6 is 0 Å². The van der Waals surface area contributed by atoms with Gasteiger partial charge < -0.3 is 9.80 Å². The third-order valence-electron chi connectivity index (χ3n) is 12.0. The van der Waals surface area contributed by atoms with Crippen molar-refractivity contribution in [3.63, 3.8) is 0 Å². The van der Waals surface area contributed by atoms with Crippen molar-refractivity contribution in [3.05, 3.63) is 255 Å². The molecule has 292 valence electrons. The van der Waals surface area contributed by atoms with Crippen molar-refractivity contribution in [2.45, 2.75) is 0 Å². The topological polar surface area (TPSA) is 6.48 Å². The predicted molar refractivity (Wildman–Crippen MR) is 265 cm³/mol. The molecule has 2 nitrogen and oxygen atoms in total. The number of nitrogens with zero attached hydrogens (tertiary/aromatic N) is 2. The molecule has 0 unspecified atom stereocenters. The molecule has 0 aliphatic heterocycles. The third-order valence-corrected chi connectivity index (χ3v) is 12.0. The Morgan fingerprint density at radius 1 is 0.194 bits per heavy atom. The smallest absolute Gasteiger partial charge is 0.0540 e. The normalized spacial score (nSPS) is 11.2. The molecule has 11 aromatic rings. The van der Waals surface area contributed by atoms with Crippen molar-refractivity contribution < 1.29 is 0 Å². The second-order valence-corrected chi connectivity index (χ2v) is 15.8. The Labute approximate surface area is 362 Å². The van der Waals surface area contributed by atoms with Crippen LogP contribution < -0.4 is 9.80 Å². The molecular weight excluding hydrogens is 749 g/mol. The molecular formula is C60H42N2. The molecule has 0 saturated carbocycles. The van der Waals surface area contributed by atoms with Crippen molar-refractivity contribution in [3.8, 4) is 33.4 Å². The Morgan fingerprint density at radius 3 is 1.08 bits per heavy atom. The molecule has 0 saturated heterocycles. The predicted octanol–water partition coefficient (Wildman–Crippen LogP) is 17.1. The fourth-order valence-corrected chi connectivity index (χ4v) is 8.82. The number of anilines is 6. The van der Waals surface area contributed by atoms with Gasteiger partial charge in [0.1, 0.15) is 0 Å². The van der Waals surface area contributed by atoms with Crippen molar-refractivity contribution >= 4 is 66.4 Å². The number of hydrogen-bond donors (Lipinski definition) is 0. The molecule has 0 aliphatic carbocycles. The summed E-state index contributed by atoms with van der Waals surface area (Å²) < 4.78 is 0. The summed E-state index contributed by atoms with van der Waals surface area (Å²) in [5.41, 5.74) is 13.9. The van der Waals surface area contributed by atoms with Gasteiger partial charge in [-0.2, -0.15) is 0 Å². The summed E-state index contributed by atoms with van der Waals surface area (Å²) in [5.74, 6) is 0. The number of hydrogen-bond acceptors (Lipinski definition) is 2. The van der Waals surface area contributed by atoms with Gasteiger partial charge in [-0.05, 0) is 133 Å². The van der Waals surface area contributed by atoms with Gasteiger partial charge in [0.15, 0.2) is 0 Å². The zero-order valence-corrected chi connectivity index (χ0v) is 34.1. The Kier molecular flexibility index (Phi) is 9.57. The Hall–Kier alpha value is -8.20. The average molecular weight is 791 g/mol. The number of fused-ring (bicyclic) bond motifs is 3. The molecule has 0 amide bonds. The van der Waals surface area contributed by atoms with Gasteiger partial charge >= 0.3 is 0 Å². The van der Waals surface area contributed by atoms with Crippen molar-refractivity contribution in [1.82, 2.24) is 0 Å². The van der Waals surface area contributed by atoms with Crippen molar-refractivity contribution in [1.29, 1.82) is 0 Å². The average Bonchev–Trinajstić information content (AvgIpc) is 3.35. The quantitative estimate of drug-likeness (QED) is 0.144. The number of rotatable bonds is 9. The number of benzene rings is 11. The standard InChI is InChI=1S/C60H42N2/c1-3-12-43(13-4-1)47-22-31-54(32-23-47)61(57-37-28-45-16-7-9-18-50(45)41-57)55-33-26-49(27-34-55)52-30-39-59-53(40-52)20-11-21-60(59)62(58-38-29-46-17-8-10-19-51(46)42-58)56-35-24-48(25-36-56)44-14-5-2-6-15-44/h1-42H. The SMILES string of the molecule is c1ccc(-c2ccc(N(c3ccc(-c4ccc5c(N(c6ccc(-c7ccccc7)cc6)c6ccc7ccccc7c6)cccc5c4)cc3)c3ccc4ccccc4c3)cc2)cc1. The lowest BCUT2D eigenvalue weighted by Crippen LogP contribution is -2.10. The highest BCUT2D eigenvalue weighted by Gasteiger charge is 2.18. The minimum Gasteiger partial charge on any atom is -0.310 e. The molecule has 0 aliphatic rings. The van der Waals surface area contributed by atoms with E-state index in [1.165, 1.54) is 65.7 Å². The second kappa shape index (κ2) is 16.1. The molecule has 62 heavy (non-hydrogen) atoms. The summed E-state index contributed by atoms with van der Waals surface area (Å²) >= 11 is 0. The maximum Gasteiger partial charge on any atom is 0.0540 e. The van der Waals surface area contributed by atoms with E-state index in [2.05, 4.69) is 265 Å². The van der Waals surface area contributed by atoms with Gasteiger partial charge in [0.25, 0.3) is 0 Å². The first-order valence-electron chi connectivity index (χ1n) is 21.2. The second-order valence-electron chi connectivity index (χ2n) is 15.8. The van der Waals surface area contributed by atoms with Gasteiger partial charge in [-0.3, -0.25) is 0 Å². The maximum atomic E-state index is 2.39. The molecule has 0 fully saturated rings. The summed E-state index contributed by atoms with van der Waals surface area (Å²) in [4.78, 5) is 4.75. The van der Waals surface area contributed by atoms with E-state index in [0.29, 0.717) is 0 Å². The molecule has 0 bridgehead atoms. The molecule has 11 aromatic carbocycles. The van der Waals surface area contributed by atoms with Crippen LogP contribution in [0.1, 0.15) is 0 Å². The van der Waals surface area contributed by atoms with E-state index in [1.54, 1.807) is 0 Å². The molecule has 0 aromatic heterocycles. The Balaban J connectivity index is 0.960. The van der Waals surface area contributed by atoms with E-state index in [0.717, 1.165) is 34.1 Å². The highest BCUT2D eigenvalue weighted by Crippen LogP contribution is 2.42. The molecule has 11 rings (SSSR count). The molecule has 0 heterocycles. The van der Waals surface area contributed by atoms with Crippen LogP contribution in [0.5, 0.6) is 0 Å². The van der Waals surface area contributed by atoms with Gasteiger partial charge in [0.05, 0.1) is 5.69 Å². The van der Waals surface area contributed by atoms with Crippen LogP contribution in [0.25, 0.3) is 65.7 Å². The lowest BCUT2D eigenvalue weighted by atomic mass is 9.98. The first-order chi connectivity index (χ1) is 30.7. The zero-order valence-electron chi connectivity index (χ0n) is 34.1. The summed E-state index contributed by atoms with van der Waals surface area (Å²) in [6.45, 7) is 0. The highest BCUT2D eigenvalue weighted by atomic mass is 15.1. The van der Waals surface area contributed by atoms with E-state index in [9.17, 15) is 0 Å². The van der Waals surface area contributed by atoms with Crippen molar-refractivity contribution in [2.24, 2.45) is 0 Å². The molecule has 2 heteroatoms. The van der Waals surface area contributed by atoms with Crippen LogP contribution in [0.15, 0.2) is 255 Å². The van der Waals surface area contributed by atoms with Crippen LogP contribution in [0.2, 0.25) is 0 Å². The van der Waals surface area contributed by atoms with Crippen LogP contribution in [0, 0.1) is 0 Å². The van der Waals surface area contributed by atoms with Gasteiger partial charge in [-0.1, -0.05) is 182 Å². The summed E-state index contributed by atoms with van der Waals surface area (Å²) in [6, 6.07) is 92.1. The molecule has 0 N–H and O–H groups in total. The maximum absolute atomic E-state index is 2.39. The highest BCUT2D eigenvalue weighted by molar-refractivity contribution is 6.02. The molecule has 0 spiro atoms. The third kappa shape index (κ3) is 7.14. The monoisotopic (exact) mass is 790 g/mol. The van der Waals surface area contributed by atoms with Gasteiger partial charge in [0.2, 0.25) is 0 Å². The minimum absolute atomic E-state index is 1.10. The summed E-state index contributed by atoms with van der Waals surface area (Å²) in [5, 5.41) is 7.26. The van der Waals surface area contributed by atoms with E-state index in [4.69, 9.17) is 0 Å². The Morgan fingerprint density at radius 2 is 0.565 bits per heavy atom. The fourth-order valence-electron chi connectivity index (χ4n) is 8.82. The fraction of sp³-hybridized carbons (Fsp3) is 0. The van der Waals surface area contributed by atoms with E-state index < -0.39 is 0 Å². The lowest BCUT2D eigenvalue weighted by Gasteiger charge is -2.27. The minimum atomic E-state index is 1.10. The first-order valence-corrected chi connectivity index (χ1v) is 21.2. The summed E-state index contributed by atoms with van der Waals surface area (Å²) in [6.07, 6.45) is 0. The largest absolute Gasteiger partial charge is 0.310 e. The lowest BCUT2D eigenvalue weighted by molar-refractivity contribution is 1.29. The Bertz CT molecular complexity index is 3320. The van der Waals surface area contributed by atoms with Gasteiger partial charge in [-0.15, -0.1) is 0 Å². The molecule has 0 atom stereocenters. The first kappa shape index (κ1) is 36.8. The van der Waals surface area contributed by atoms with Crippen LogP contribution in [0.4, 0.5) is 34.1 Å². The van der Waals surface area contributed by atoms with E-state index >= 15 is 0 Å². The van der Waals surface area contributed by atoms with E-state index in [1.807, 2.05) is 0 Å². The van der Waals surface area contributed by atoms with Gasteiger partial charge in [-0.25, -0.2) is 0 Å². The van der Waals surface area contributed by atoms with E-state index in [-0.39, 0.29) is 0 Å².